The van der Waals surface area contributed by atoms with Crippen molar-refractivity contribution in [1.29, 1.82) is 0 Å². The highest BCUT2D eigenvalue weighted by molar-refractivity contribution is 5.96. The second kappa shape index (κ2) is 6.52. The van der Waals surface area contributed by atoms with E-state index in [1.165, 1.54) is 0 Å². The van der Waals surface area contributed by atoms with E-state index in [1.807, 2.05) is 13.0 Å². The van der Waals surface area contributed by atoms with Crippen LogP contribution in [0.2, 0.25) is 0 Å². The number of hydrogen-bond acceptors (Lipinski definition) is 3. The highest BCUT2D eigenvalue weighted by Crippen LogP contribution is 2.20. The monoisotopic (exact) mass is 277 g/mol. The maximum absolute atomic E-state index is 12.1. The molecule has 1 heterocycles. The first-order valence-electron chi connectivity index (χ1n) is 6.85. The third-order valence-electron chi connectivity index (χ3n) is 3.43. The molecule has 1 aromatic rings. The maximum Gasteiger partial charge on any atom is 0.326 e. The minimum absolute atomic E-state index is 0.344. The van der Waals surface area contributed by atoms with Crippen LogP contribution in [0.4, 0.5) is 0 Å². The number of amides is 1. The lowest BCUT2D eigenvalue weighted by Gasteiger charge is -2.14. The highest BCUT2D eigenvalue weighted by Gasteiger charge is 2.21. The van der Waals surface area contributed by atoms with Crippen LogP contribution in [0.15, 0.2) is 18.2 Å². The molecule has 5 heteroatoms. The van der Waals surface area contributed by atoms with Crippen molar-refractivity contribution in [2.45, 2.75) is 45.4 Å². The van der Waals surface area contributed by atoms with Crippen LogP contribution < -0.4 is 5.32 Å². The molecule has 5 nitrogen and oxygen atoms in total. The smallest absolute Gasteiger partial charge is 0.326 e. The van der Waals surface area contributed by atoms with Crippen LogP contribution >= 0.6 is 0 Å². The van der Waals surface area contributed by atoms with Crippen molar-refractivity contribution >= 4 is 11.9 Å². The van der Waals surface area contributed by atoms with Gasteiger partial charge in [0.2, 0.25) is 0 Å². The molecule has 1 aliphatic heterocycles. The number of carbonyl (C=O) groups excluding carboxylic acids is 1. The molecule has 0 fully saturated rings. The molecule has 0 unspecified atom stereocenters. The molecule has 0 spiro atoms. The van der Waals surface area contributed by atoms with Gasteiger partial charge in [0.05, 0.1) is 13.2 Å². The summed E-state index contributed by atoms with van der Waals surface area (Å²) in [4.78, 5) is 23.2. The van der Waals surface area contributed by atoms with Gasteiger partial charge >= 0.3 is 5.97 Å². The Morgan fingerprint density at radius 2 is 2.10 bits per heavy atom. The van der Waals surface area contributed by atoms with Gasteiger partial charge < -0.3 is 15.2 Å². The molecule has 0 aliphatic carbocycles. The summed E-state index contributed by atoms with van der Waals surface area (Å²) in [6, 6.07) is 4.52. The summed E-state index contributed by atoms with van der Waals surface area (Å²) in [5.41, 5.74) is 2.57. The second-order valence-corrected chi connectivity index (χ2v) is 4.98. The molecule has 108 valence electrons. The van der Waals surface area contributed by atoms with Crippen molar-refractivity contribution in [3.05, 3.63) is 34.9 Å². The SMILES string of the molecule is CCCC[C@H](NC(=O)c1ccc2c(c1)COC2)C(=O)O. The molecule has 0 bridgehead atoms. The first kappa shape index (κ1) is 14.5. The molecule has 2 rings (SSSR count). The van der Waals surface area contributed by atoms with Gasteiger partial charge in [0.1, 0.15) is 6.04 Å². The van der Waals surface area contributed by atoms with E-state index < -0.39 is 12.0 Å². The van der Waals surface area contributed by atoms with Gasteiger partial charge in [-0.25, -0.2) is 4.79 Å². The fourth-order valence-corrected chi connectivity index (χ4v) is 2.22. The Hall–Kier alpha value is -1.88. The zero-order valence-electron chi connectivity index (χ0n) is 11.5. The Labute approximate surface area is 117 Å². The van der Waals surface area contributed by atoms with Crippen LogP contribution in [0.25, 0.3) is 0 Å². The van der Waals surface area contributed by atoms with Crippen LogP contribution in [-0.2, 0) is 22.7 Å². The van der Waals surface area contributed by atoms with E-state index >= 15 is 0 Å². The molecule has 0 radical (unpaired) electrons. The van der Waals surface area contributed by atoms with E-state index in [9.17, 15) is 9.59 Å². The Morgan fingerprint density at radius 3 is 2.80 bits per heavy atom. The fourth-order valence-electron chi connectivity index (χ4n) is 2.22. The number of fused-ring (bicyclic) bond motifs is 1. The van der Waals surface area contributed by atoms with Gasteiger partial charge in [-0.05, 0) is 29.7 Å². The summed E-state index contributed by atoms with van der Waals surface area (Å²) < 4.78 is 5.30. The third kappa shape index (κ3) is 3.36. The normalized spacial score (nSPS) is 14.7. The van der Waals surface area contributed by atoms with Gasteiger partial charge in [-0.1, -0.05) is 25.8 Å². The predicted octanol–water partition coefficient (Wildman–Crippen LogP) is 2.09. The number of aliphatic carboxylic acids is 1. The minimum Gasteiger partial charge on any atom is -0.480 e. The van der Waals surface area contributed by atoms with E-state index in [0.717, 1.165) is 24.0 Å². The van der Waals surface area contributed by atoms with Gasteiger partial charge in [0, 0.05) is 5.56 Å². The topological polar surface area (TPSA) is 75.6 Å². The summed E-state index contributed by atoms with van der Waals surface area (Å²) in [5, 5.41) is 11.7. The van der Waals surface area contributed by atoms with E-state index in [-0.39, 0.29) is 5.91 Å². The van der Waals surface area contributed by atoms with Gasteiger partial charge in [-0.2, -0.15) is 0 Å². The molecule has 1 atom stereocenters. The Bertz CT molecular complexity index is 513. The largest absolute Gasteiger partial charge is 0.480 e. The lowest BCUT2D eigenvalue weighted by molar-refractivity contribution is -0.139. The fraction of sp³-hybridized carbons (Fsp3) is 0.467. The van der Waals surface area contributed by atoms with Crippen molar-refractivity contribution in [3.8, 4) is 0 Å². The summed E-state index contributed by atoms with van der Waals surface area (Å²) >= 11 is 0. The van der Waals surface area contributed by atoms with E-state index in [4.69, 9.17) is 9.84 Å². The van der Waals surface area contributed by atoms with Crippen LogP contribution in [0.3, 0.4) is 0 Å². The molecule has 20 heavy (non-hydrogen) atoms. The average Bonchev–Trinajstić information content (AvgIpc) is 2.90. The van der Waals surface area contributed by atoms with Crippen LogP contribution in [-0.4, -0.2) is 23.0 Å². The Morgan fingerprint density at radius 1 is 1.35 bits per heavy atom. The quantitative estimate of drug-likeness (QED) is 0.835. The average molecular weight is 277 g/mol. The maximum atomic E-state index is 12.1. The Kier molecular flexibility index (Phi) is 4.74. The van der Waals surface area contributed by atoms with Gasteiger partial charge in [0.15, 0.2) is 0 Å². The predicted molar refractivity (Wildman–Crippen MR) is 73.4 cm³/mol. The molecule has 2 N–H and O–H groups in total. The zero-order valence-corrected chi connectivity index (χ0v) is 11.5. The first-order chi connectivity index (χ1) is 9.61. The number of carboxylic acid groups (broad SMARTS) is 1. The number of rotatable bonds is 6. The van der Waals surface area contributed by atoms with Crippen LogP contribution in [0.1, 0.15) is 47.7 Å². The van der Waals surface area contributed by atoms with E-state index in [2.05, 4.69) is 5.32 Å². The van der Waals surface area contributed by atoms with Crippen molar-refractivity contribution in [2.75, 3.05) is 0 Å². The summed E-state index contributed by atoms with van der Waals surface area (Å²) in [6.07, 6.45) is 2.12. The Balaban J connectivity index is 2.04. The highest BCUT2D eigenvalue weighted by atomic mass is 16.5. The van der Waals surface area contributed by atoms with E-state index in [1.54, 1.807) is 12.1 Å². The van der Waals surface area contributed by atoms with Gasteiger partial charge in [-0.15, -0.1) is 0 Å². The number of nitrogens with one attached hydrogen (secondary N) is 1. The molecule has 0 aromatic heterocycles. The van der Waals surface area contributed by atoms with Crippen molar-refractivity contribution in [2.24, 2.45) is 0 Å². The standard InChI is InChI=1S/C15H19NO4/c1-2-3-4-13(15(18)19)16-14(17)10-5-6-11-8-20-9-12(11)7-10/h5-7,13H,2-4,8-9H2,1H3,(H,16,17)(H,18,19)/t13-/m0/s1. The molecule has 1 aromatic carbocycles. The summed E-state index contributed by atoms with van der Waals surface area (Å²) in [5.74, 6) is -1.33. The molecule has 1 aliphatic rings. The number of benzene rings is 1. The number of carboxylic acids is 1. The minimum atomic E-state index is -0.990. The molecule has 0 saturated heterocycles. The molecular formula is C15H19NO4. The lowest BCUT2D eigenvalue weighted by atomic mass is 10.0. The van der Waals surface area contributed by atoms with Crippen molar-refractivity contribution < 1.29 is 19.4 Å². The number of carbonyl (C=O) groups is 2. The summed E-state index contributed by atoms with van der Waals surface area (Å²) in [6.45, 7) is 3.07. The van der Waals surface area contributed by atoms with Crippen molar-refractivity contribution in [3.63, 3.8) is 0 Å². The third-order valence-corrected chi connectivity index (χ3v) is 3.43. The molecular weight excluding hydrogens is 258 g/mol. The zero-order chi connectivity index (χ0) is 14.5. The summed E-state index contributed by atoms with van der Waals surface area (Å²) in [7, 11) is 0. The van der Waals surface area contributed by atoms with Crippen LogP contribution in [0, 0.1) is 0 Å². The number of ether oxygens (including phenoxy) is 1. The molecule has 0 saturated carbocycles. The first-order valence-corrected chi connectivity index (χ1v) is 6.85. The molecule has 1 amide bonds. The number of hydrogen-bond donors (Lipinski definition) is 2. The van der Waals surface area contributed by atoms with Crippen LogP contribution in [0.5, 0.6) is 0 Å². The van der Waals surface area contributed by atoms with E-state index in [0.29, 0.717) is 25.2 Å². The lowest BCUT2D eigenvalue weighted by Crippen LogP contribution is -2.40. The number of unbranched alkanes of at least 4 members (excludes halogenated alkanes) is 1. The van der Waals surface area contributed by atoms with Gasteiger partial charge in [0.25, 0.3) is 5.91 Å². The van der Waals surface area contributed by atoms with Gasteiger partial charge in [-0.3, -0.25) is 4.79 Å². The van der Waals surface area contributed by atoms with Crippen molar-refractivity contribution in [1.82, 2.24) is 5.32 Å². The second-order valence-electron chi connectivity index (χ2n) is 4.98.